The summed E-state index contributed by atoms with van der Waals surface area (Å²) < 4.78 is 101. The van der Waals surface area contributed by atoms with Gasteiger partial charge in [0.25, 0.3) is 11.1 Å². The molecule has 72 heavy (non-hydrogen) atoms. The van der Waals surface area contributed by atoms with E-state index in [1.165, 1.54) is 53.7 Å². The zero-order valence-corrected chi connectivity index (χ0v) is 38.7. The van der Waals surface area contributed by atoms with Crippen molar-refractivity contribution in [2.45, 2.75) is 32.4 Å². The maximum atomic E-state index is 13.3. The van der Waals surface area contributed by atoms with Crippen molar-refractivity contribution in [3.05, 3.63) is 196 Å². The van der Waals surface area contributed by atoms with E-state index in [0.717, 1.165) is 43.5 Å². The molecule has 0 aliphatic heterocycles. The second-order valence-electron chi connectivity index (χ2n) is 14.6. The molecule has 8 rings (SSSR count). The van der Waals surface area contributed by atoms with Crippen LogP contribution in [-0.2, 0) is 33.7 Å². The van der Waals surface area contributed by atoms with Crippen LogP contribution in [0.15, 0.2) is 129 Å². The van der Waals surface area contributed by atoms with Crippen molar-refractivity contribution >= 4 is 45.5 Å². The lowest BCUT2D eigenvalue weighted by atomic mass is 10.2. The summed E-state index contributed by atoms with van der Waals surface area (Å²) in [7, 11) is 2.83. The van der Waals surface area contributed by atoms with Gasteiger partial charge in [0.15, 0.2) is 22.3 Å². The van der Waals surface area contributed by atoms with Crippen molar-refractivity contribution in [2.75, 3.05) is 6.54 Å². The minimum absolute atomic E-state index is 0.00993. The van der Waals surface area contributed by atoms with Gasteiger partial charge in [-0.25, -0.2) is 21.0 Å². The molecule has 26 heteroatoms. The van der Waals surface area contributed by atoms with Crippen LogP contribution in [0.4, 0.5) is 26.3 Å². The van der Waals surface area contributed by atoms with Crippen LogP contribution in [0.25, 0.3) is 32.0 Å². The predicted octanol–water partition coefficient (Wildman–Crippen LogP) is 9.07. The minimum atomic E-state index is -4.89. The number of alkyl halides is 6. The van der Waals surface area contributed by atoms with Crippen LogP contribution in [-0.4, -0.2) is 57.1 Å². The second-order valence-corrected chi connectivity index (χ2v) is 15.5. The van der Waals surface area contributed by atoms with Gasteiger partial charge >= 0.3 is 36.1 Å². The largest absolute Gasteiger partial charge is 0.573 e. The van der Waals surface area contributed by atoms with Gasteiger partial charge in [0, 0.05) is 36.3 Å². The van der Waals surface area contributed by atoms with Crippen molar-refractivity contribution in [3.63, 3.8) is 0 Å². The van der Waals surface area contributed by atoms with Gasteiger partial charge in [0.05, 0.1) is 19.7 Å². The van der Waals surface area contributed by atoms with Crippen molar-refractivity contribution in [1.82, 2.24) is 37.8 Å². The molecule has 0 atom stereocenters. The summed E-state index contributed by atoms with van der Waals surface area (Å²) in [6, 6.07) is 22.9. The van der Waals surface area contributed by atoms with E-state index in [1.807, 2.05) is 0 Å². The molecule has 0 saturated heterocycles. The molecule has 0 saturated carbocycles. The van der Waals surface area contributed by atoms with Gasteiger partial charge < -0.3 is 23.8 Å². The first-order chi connectivity index (χ1) is 34.1. The highest BCUT2D eigenvalue weighted by Crippen LogP contribution is 2.32. The number of fused-ring (bicyclic) bond motifs is 2. The average Bonchev–Trinajstić information content (AvgIpc) is 3.86. The molecule has 0 aliphatic rings. The van der Waals surface area contributed by atoms with Gasteiger partial charge in [-0.1, -0.05) is 59.6 Å². The van der Waals surface area contributed by atoms with Crippen molar-refractivity contribution in [1.29, 1.82) is 0 Å². The Bertz CT molecular complexity index is 3610. The monoisotopic (exact) mass is 1040 g/mol. The lowest BCUT2D eigenvalue weighted by molar-refractivity contribution is -0.275. The van der Waals surface area contributed by atoms with E-state index in [4.69, 9.17) is 45.8 Å². The summed E-state index contributed by atoms with van der Waals surface area (Å²) in [6.45, 7) is 16.1. The fourth-order valence-electron chi connectivity index (χ4n) is 6.59. The number of imidazole rings is 2. The van der Waals surface area contributed by atoms with Gasteiger partial charge in [-0.2, -0.15) is 9.97 Å². The first kappa shape index (κ1) is 52.6. The quantitative estimate of drug-likeness (QED) is 0.0916. The summed E-state index contributed by atoms with van der Waals surface area (Å²) in [6.07, 6.45) is -8.60. The van der Waals surface area contributed by atoms with E-state index in [-0.39, 0.29) is 72.0 Å². The number of nitrogens with zero attached hydrogens (tertiary/aromatic N) is 9. The molecule has 4 heterocycles. The zero-order chi connectivity index (χ0) is 52.5. The average molecular weight is 1040 g/mol. The summed E-state index contributed by atoms with van der Waals surface area (Å²) in [4.78, 5) is 67.3. The third-order valence-corrected chi connectivity index (χ3v) is 10.2. The highest BCUT2D eigenvalue weighted by molar-refractivity contribution is 6.30. The molecule has 8 aromatic rings. The Kier molecular flexibility index (Phi) is 16.3. The van der Waals surface area contributed by atoms with Gasteiger partial charge in [-0.3, -0.25) is 37.4 Å². The molecule has 0 unspecified atom stereocenters. The van der Waals surface area contributed by atoms with Crippen LogP contribution in [0, 0.1) is 13.1 Å². The summed E-state index contributed by atoms with van der Waals surface area (Å²) in [5.74, 6) is -1.04. The lowest BCUT2D eigenvalue weighted by Gasteiger charge is -2.12. The van der Waals surface area contributed by atoms with Crippen LogP contribution in [0.3, 0.4) is 0 Å². The number of aromatic amines is 1. The highest BCUT2D eigenvalue weighted by Gasteiger charge is 2.32. The SMILES string of the molecule is Cn1c(=O)[nH]c(=O)c2c1nc(Oc1cccc(OC(F)(F)F)c1)n2Cc1ccc(Cl)cc1.[C-]#[N+]C=C.[C-]#[N+]CCn1c(=O)c2c(nc(Oc3cccc(OC(F)(F)F)c3)n2Cc2ccc(Cl)cc2)n(C)c1=O. The van der Waals surface area contributed by atoms with Crippen LogP contribution in [0.5, 0.6) is 35.0 Å². The van der Waals surface area contributed by atoms with Gasteiger partial charge in [0.1, 0.15) is 35.7 Å². The topological polar surface area (TPSA) is 180 Å². The summed E-state index contributed by atoms with van der Waals surface area (Å²) >= 11 is 11.9. The number of nitrogens with one attached hydrogen (secondary N) is 1. The number of benzene rings is 4. The van der Waals surface area contributed by atoms with E-state index in [9.17, 15) is 45.5 Å². The maximum absolute atomic E-state index is 13.3. The summed E-state index contributed by atoms with van der Waals surface area (Å²) in [5, 5.41) is 1.01. The number of H-pyrrole nitrogens is 1. The van der Waals surface area contributed by atoms with E-state index in [0.29, 0.717) is 15.6 Å². The molecule has 18 nitrogen and oxygen atoms in total. The number of aryl methyl sites for hydroxylation is 2. The first-order valence-corrected chi connectivity index (χ1v) is 21.1. The molecule has 0 aliphatic carbocycles. The zero-order valence-electron chi connectivity index (χ0n) is 37.2. The molecule has 0 fully saturated rings. The number of aromatic nitrogens is 8. The second kappa shape index (κ2) is 22.3. The number of hydrogen-bond donors (Lipinski definition) is 1. The Hall–Kier alpha value is -8.74. The van der Waals surface area contributed by atoms with Crippen LogP contribution in [0.2, 0.25) is 10.0 Å². The van der Waals surface area contributed by atoms with Gasteiger partial charge in [-0.05, 0) is 59.7 Å². The lowest BCUT2D eigenvalue weighted by Crippen LogP contribution is -2.40. The number of halogens is 8. The van der Waals surface area contributed by atoms with Crippen LogP contribution >= 0.6 is 23.2 Å². The molecular weight excluding hydrogens is 1010 g/mol. The molecule has 4 aromatic heterocycles. The molecule has 0 radical (unpaired) electrons. The Morgan fingerprint density at radius 3 is 1.53 bits per heavy atom. The third-order valence-electron chi connectivity index (χ3n) is 9.70. The van der Waals surface area contributed by atoms with Crippen LogP contribution in [0.1, 0.15) is 11.1 Å². The van der Waals surface area contributed by atoms with E-state index in [1.54, 1.807) is 48.5 Å². The number of hydrogen-bond acceptors (Lipinski definition) is 10. The van der Waals surface area contributed by atoms with Crippen molar-refractivity contribution < 1.29 is 45.3 Å². The Morgan fingerprint density at radius 1 is 0.667 bits per heavy atom. The molecular formula is C46H34Cl2F6N10O8. The van der Waals surface area contributed by atoms with Gasteiger partial charge in [-0.15, -0.1) is 32.9 Å². The Labute approximate surface area is 410 Å². The van der Waals surface area contributed by atoms with E-state index < -0.39 is 46.7 Å². The smallest absolute Gasteiger partial charge is 0.425 e. The van der Waals surface area contributed by atoms with Crippen LogP contribution < -0.4 is 41.4 Å². The Balaban J connectivity index is 0.000000220. The standard InChI is InChI=1S/C23H17ClF3N5O4.C20H14ClF3N4O4.C3H3N/c1-28-10-11-31-20(33)18-19(30(2)22(31)34)29-21(32(18)13-14-6-8-15(24)9-7-14)35-16-4-3-5-17(12-16)36-23(25,26)27;1-27-16-15(17(29)26-18(27)30)28(10-11-5-7-12(21)8-6-11)19(25-16)31-13-3-2-4-14(9-13)32-20(22,23)24;1-3-4-2/h3-9,12H,10-11,13H2,2H3;2-9H,10H2,1H3,(H,26,29,30);3H,1H2. The number of rotatable bonds is 12. The molecule has 372 valence electrons. The maximum Gasteiger partial charge on any atom is 0.573 e. The van der Waals surface area contributed by atoms with Crippen molar-refractivity contribution in [3.8, 4) is 35.0 Å². The molecule has 4 aromatic carbocycles. The Morgan fingerprint density at radius 2 is 1.10 bits per heavy atom. The predicted molar refractivity (Wildman–Crippen MR) is 251 cm³/mol. The fourth-order valence-corrected chi connectivity index (χ4v) is 6.84. The normalized spacial score (nSPS) is 11.1. The molecule has 0 amide bonds. The van der Waals surface area contributed by atoms with E-state index in [2.05, 4.69) is 40.7 Å². The molecule has 0 spiro atoms. The van der Waals surface area contributed by atoms with E-state index >= 15 is 0 Å². The summed E-state index contributed by atoms with van der Waals surface area (Å²) in [5.41, 5.74) is -1.13. The number of ether oxygens (including phenoxy) is 4. The minimum Gasteiger partial charge on any atom is -0.425 e. The third kappa shape index (κ3) is 13.1. The van der Waals surface area contributed by atoms with Crippen molar-refractivity contribution in [2.24, 2.45) is 14.1 Å². The highest BCUT2D eigenvalue weighted by atomic mass is 35.5. The molecule has 0 bridgehead atoms. The first-order valence-electron chi connectivity index (χ1n) is 20.4. The fraction of sp³-hybridized carbons (Fsp3) is 0.174. The van der Waals surface area contributed by atoms with Gasteiger partial charge in [0.2, 0.25) is 6.54 Å². The molecule has 1 N–H and O–H groups in total.